The second-order valence-corrected chi connectivity index (χ2v) is 7.68. The van der Waals surface area contributed by atoms with Crippen LogP contribution in [-0.2, 0) is 10.3 Å². The molecule has 116 valence electrons. The van der Waals surface area contributed by atoms with E-state index in [9.17, 15) is 0 Å². The summed E-state index contributed by atoms with van der Waals surface area (Å²) in [5.41, 5.74) is 0.960. The molecule has 1 aromatic rings. The highest BCUT2D eigenvalue weighted by molar-refractivity contribution is 9.10. The van der Waals surface area contributed by atoms with Gasteiger partial charge >= 0.3 is 0 Å². The predicted molar refractivity (Wildman–Crippen MR) is 90.0 cm³/mol. The third-order valence-electron chi connectivity index (χ3n) is 4.81. The summed E-state index contributed by atoms with van der Waals surface area (Å²) in [6.07, 6.45) is 6.93. The summed E-state index contributed by atoms with van der Waals surface area (Å²) in [5.74, 6) is 2.34. The molecule has 2 aliphatic carbocycles. The maximum Gasteiger partial charge on any atom is 0.144 e. The molecule has 0 unspecified atom stereocenters. The Morgan fingerprint density at radius 2 is 2.00 bits per heavy atom. The molecule has 21 heavy (non-hydrogen) atoms. The number of aromatic nitrogens is 2. The van der Waals surface area contributed by atoms with Gasteiger partial charge in [-0.05, 0) is 67.3 Å². The van der Waals surface area contributed by atoms with Gasteiger partial charge in [-0.2, -0.15) is 0 Å². The Balaban J connectivity index is 2.01. The maximum atomic E-state index is 6.20. The van der Waals surface area contributed by atoms with Crippen molar-refractivity contribution in [3.05, 3.63) is 20.6 Å². The van der Waals surface area contributed by atoms with E-state index in [1.165, 1.54) is 31.4 Å². The van der Waals surface area contributed by atoms with Crippen LogP contribution in [0.4, 0.5) is 0 Å². The number of nitrogens with zero attached hydrogens (tertiary/aromatic N) is 1. The van der Waals surface area contributed by atoms with Gasteiger partial charge in [0.25, 0.3) is 0 Å². The van der Waals surface area contributed by atoms with E-state index in [-0.39, 0.29) is 5.60 Å². The summed E-state index contributed by atoms with van der Waals surface area (Å²) in [4.78, 5) is 8.25. The van der Waals surface area contributed by atoms with E-state index in [4.69, 9.17) is 17.0 Å². The van der Waals surface area contributed by atoms with Gasteiger partial charge in [0.1, 0.15) is 16.1 Å². The number of rotatable bonds is 4. The Morgan fingerprint density at radius 1 is 1.33 bits per heavy atom. The van der Waals surface area contributed by atoms with Crippen molar-refractivity contribution in [1.82, 2.24) is 9.97 Å². The Bertz CT molecular complexity index is 574. The zero-order valence-electron chi connectivity index (χ0n) is 12.7. The molecule has 2 aliphatic rings. The molecule has 5 heteroatoms. The van der Waals surface area contributed by atoms with Crippen molar-refractivity contribution >= 4 is 28.1 Å². The van der Waals surface area contributed by atoms with Crippen molar-refractivity contribution in [1.29, 1.82) is 0 Å². The van der Waals surface area contributed by atoms with Crippen molar-refractivity contribution in [2.45, 2.75) is 63.9 Å². The first-order valence-corrected chi connectivity index (χ1v) is 9.20. The second kappa shape index (κ2) is 6.09. The van der Waals surface area contributed by atoms with Gasteiger partial charge in [0.15, 0.2) is 0 Å². The summed E-state index contributed by atoms with van der Waals surface area (Å²) in [6, 6.07) is 0. The van der Waals surface area contributed by atoms with Crippen molar-refractivity contribution in [2.75, 3.05) is 6.61 Å². The third-order valence-corrected chi connectivity index (χ3v) is 6.17. The number of hydrogen-bond donors (Lipinski definition) is 1. The molecule has 1 heterocycles. The molecule has 0 aliphatic heterocycles. The van der Waals surface area contributed by atoms with Crippen LogP contribution in [0.25, 0.3) is 0 Å². The van der Waals surface area contributed by atoms with E-state index < -0.39 is 0 Å². The van der Waals surface area contributed by atoms with Gasteiger partial charge in [-0.1, -0.05) is 19.1 Å². The summed E-state index contributed by atoms with van der Waals surface area (Å²) >= 11 is 9.07. The largest absolute Gasteiger partial charge is 0.367 e. The summed E-state index contributed by atoms with van der Waals surface area (Å²) in [6.45, 7) is 5.10. The molecule has 0 bridgehead atoms. The van der Waals surface area contributed by atoms with Crippen LogP contribution < -0.4 is 0 Å². The quantitative estimate of drug-likeness (QED) is 0.738. The SMILES string of the molecule is CCOC1(c2nc(=S)c(Br)c(C3CC3)[nH]2)CCC(C)CC1. The molecule has 2 fully saturated rings. The number of aromatic amines is 1. The van der Waals surface area contributed by atoms with Crippen LogP contribution in [0.1, 0.15) is 69.8 Å². The summed E-state index contributed by atoms with van der Waals surface area (Å²) in [7, 11) is 0. The van der Waals surface area contributed by atoms with E-state index in [0.717, 1.165) is 29.1 Å². The van der Waals surface area contributed by atoms with Crippen molar-refractivity contribution in [3.63, 3.8) is 0 Å². The van der Waals surface area contributed by atoms with Gasteiger partial charge in [0, 0.05) is 18.2 Å². The lowest BCUT2D eigenvalue weighted by Crippen LogP contribution is -2.36. The second-order valence-electron chi connectivity index (χ2n) is 6.50. The average Bonchev–Trinajstić information content (AvgIpc) is 3.29. The molecule has 0 atom stereocenters. The first-order chi connectivity index (χ1) is 10.1. The Labute approximate surface area is 140 Å². The molecule has 2 saturated carbocycles. The van der Waals surface area contributed by atoms with Crippen LogP contribution in [0.5, 0.6) is 0 Å². The smallest absolute Gasteiger partial charge is 0.144 e. The monoisotopic (exact) mass is 370 g/mol. The van der Waals surface area contributed by atoms with Gasteiger partial charge in [0.05, 0.1) is 4.47 Å². The molecular weight excluding hydrogens is 348 g/mol. The molecule has 0 aromatic carbocycles. The number of nitrogens with one attached hydrogen (secondary N) is 1. The number of H-pyrrole nitrogens is 1. The van der Waals surface area contributed by atoms with Gasteiger partial charge in [-0.15, -0.1) is 0 Å². The van der Waals surface area contributed by atoms with Crippen LogP contribution in [0, 0.1) is 10.6 Å². The molecule has 0 saturated heterocycles. The standard InChI is InChI=1S/C16H23BrN2OS/c1-3-20-16(8-6-10(2)7-9-16)15-18-13(11-4-5-11)12(17)14(21)19-15/h10-11H,3-9H2,1-2H3,(H,18,19,21). The summed E-state index contributed by atoms with van der Waals surface area (Å²) in [5, 5.41) is 0. The van der Waals surface area contributed by atoms with Gasteiger partial charge in [0.2, 0.25) is 0 Å². The molecular formula is C16H23BrN2OS. The van der Waals surface area contributed by atoms with Crippen LogP contribution in [-0.4, -0.2) is 16.6 Å². The topological polar surface area (TPSA) is 37.9 Å². The van der Waals surface area contributed by atoms with Crippen LogP contribution >= 0.6 is 28.1 Å². The maximum absolute atomic E-state index is 6.20. The zero-order valence-corrected chi connectivity index (χ0v) is 15.1. The zero-order chi connectivity index (χ0) is 15.0. The number of hydrogen-bond acceptors (Lipinski definition) is 3. The third kappa shape index (κ3) is 3.10. The minimum absolute atomic E-state index is 0.265. The minimum atomic E-state index is -0.265. The Hall–Kier alpha value is -0.260. The Kier molecular flexibility index (Phi) is 4.53. The number of ether oxygens (including phenoxy) is 1. The highest BCUT2D eigenvalue weighted by Crippen LogP contribution is 2.45. The van der Waals surface area contributed by atoms with E-state index in [1.54, 1.807) is 0 Å². The molecule has 3 rings (SSSR count). The fourth-order valence-electron chi connectivity index (χ4n) is 3.30. The fraction of sp³-hybridized carbons (Fsp3) is 0.750. The van der Waals surface area contributed by atoms with Gasteiger partial charge in [-0.3, -0.25) is 0 Å². The van der Waals surface area contributed by atoms with Crippen molar-refractivity contribution < 1.29 is 4.74 Å². The van der Waals surface area contributed by atoms with E-state index in [1.807, 2.05) is 0 Å². The van der Waals surface area contributed by atoms with Crippen molar-refractivity contribution in [2.24, 2.45) is 5.92 Å². The lowest BCUT2D eigenvalue weighted by atomic mass is 9.78. The van der Waals surface area contributed by atoms with E-state index >= 15 is 0 Å². The van der Waals surface area contributed by atoms with Gasteiger partial charge in [-0.25, -0.2) is 4.98 Å². The predicted octanol–water partition coefficient (Wildman–Crippen LogP) is 5.22. The average molecular weight is 371 g/mol. The molecule has 3 nitrogen and oxygen atoms in total. The molecule has 1 aromatic heterocycles. The van der Waals surface area contributed by atoms with E-state index in [2.05, 4.69) is 39.7 Å². The first-order valence-electron chi connectivity index (χ1n) is 8.00. The molecule has 1 N–H and O–H groups in total. The minimum Gasteiger partial charge on any atom is -0.367 e. The molecule has 0 spiro atoms. The fourth-order valence-corrected chi connectivity index (χ4v) is 4.01. The molecule has 0 amide bonds. The van der Waals surface area contributed by atoms with Crippen LogP contribution in [0.15, 0.2) is 4.47 Å². The number of halogens is 1. The lowest BCUT2D eigenvalue weighted by molar-refractivity contribution is -0.0839. The normalized spacial score (nSPS) is 29.6. The van der Waals surface area contributed by atoms with Gasteiger partial charge < -0.3 is 9.72 Å². The lowest BCUT2D eigenvalue weighted by Gasteiger charge is -2.38. The highest BCUT2D eigenvalue weighted by atomic mass is 79.9. The molecule has 0 radical (unpaired) electrons. The van der Waals surface area contributed by atoms with Crippen LogP contribution in [0.3, 0.4) is 0 Å². The highest BCUT2D eigenvalue weighted by Gasteiger charge is 2.40. The van der Waals surface area contributed by atoms with Crippen LogP contribution in [0.2, 0.25) is 0 Å². The Morgan fingerprint density at radius 3 is 2.57 bits per heavy atom. The first kappa shape index (κ1) is 15.6. The van der Waals surface area contributed by atoms with Crippen molar-refractivity contribution in [3.8, 4) is 0 Å². The summed E-state index contributed by atoms with van der Waals surface area (Å²) < 4.78 is 7.84. The van der Waals surface area contributed by atoms with E-state index in [0.29, 0.717) is 17.2 Å².